The molecule has 0 saturated carbocycles. The lowest BCUT2D eigenvalue weighted by Crippen LogP contribution is -2.52. The fourth-order valence-electron chi connectivity index (χ4n) is 2.17. The van der Waals surface area contributed by atoms with Gasteiger partial charge < -0.3 is 15.4 Å². The van der Waals surface area contributed by atoms with Crippen molar-refractivity contribution in [2.24, 2.45) is 5.92 Å². The number of carbonyl (C=O) groups excluding carboxylic acids is 2. The second-order valence-corrected chi connectivity index (χ2v) is 5.93. The van der Waals surface area contributed by atoms with Gasteiger partial charge >= 0.3 is 0 Å². The number of rotatable bonds is 7. The van der Waals surface area contributed by atoms with E-state index < -0.39 is 6.04 Å². The van der Waals surface area contributed by atoms with Crippen molar-refractivity contribution in [1.29, 1.82) is 0 Å². The normalized spacial score (nSPS) is 13.5. The molecule has 0 spiro atoms. The molecule has 0 aromatic heterocycles. The Bertz CT molecular complexity index is 514. The Kier molecular flexibility index (Phi) is 7.05. The Hall–Kier alpha value is -1.88. The van der Waals surface area contributed by atoms with Crippen molar-refractivity contribution in [1.82, 2.24) is 10.6 Å². The standard InChI is InChI=1S/C17H26N2O3/c1-11(2)15(17(21)18-13(4)10-22-5)19-16(20)14-8-6-7-12(3)9-14/h6-9,11,13,15H,10H2,1-5H3,(H,18,21)(H,19,20). The minimum atomic E-state index is -0.577. The molecule has 0 saturated heterocycles. The Labute approximate surface area is 132 Å². The molecule has 1 rings (SSSR count). The lowest BCUT2D eigenvalue weighted by molar-refractivity contribution is -0.124. The number of hydrogen-bond acceptors (Lipinski definition) is 3. The Morgan fingerprint density at radius 1 is 1.18 bits per heavy atom. The van der Waals surface area contributed by atoms with E-state index in [1.165, 1.54) is 0 Å². The summed E-state index contributed by atoms with van der Waals surface area (Å²) in [5.74, 6) is -0.444. The van der Waals surface area contributed by atoms with Crippen molar-refractivity contribution < 1.29 is 14.3 Å². The van der Waals surface area contributed by atoms with Crippen molar-refractivity contribution in [3.63, 3.8) is 0 Å². The molecule has 0 fully saturated rings. The van der Waals surface area contributed by atoms with Crippen molar-refractivity contribution in [2.45, 2.75) is 39.8 Å². The highest BCUT2D eigenvalue weighted by atomic mass is 16.5. The molecule has 5 heteroatoms. The maximum Gasteiger partial charge on any atom is 0.251 e. The molecule has 2 amide bonds. The maximum absolute atomic E-state index is 12.3. The van der Waals surface area contributed by atoms with E-state index >= 15 is 0 Å². The van der Waals surface area contributed by atoms with Crippen LogP contribution >= 0.6 is 0 Å². The summed E-state index contributed by atoms with van der Waals surface area (Å²) in [6, 6.07) is 6.62. The molecule has 0 aliphatic rings. The van der Waals surface area contributed by atoms with Crippen LogP contribution in [0.4, 0.5) is 0 Å². The Morgan fingerprint density at radius 3 is 2.41 bits per heavy atom. The van der Waals surface area contributed by atoms with Gasteiger partial charge in [-0.05, 0) is 31.9 Å². The van der Waals surface area contributed by atoms with Crippen LogP contribution in [0.1, 0.15) is 36.7 Å². The molecule has 0 aliphatic carbocycles. The van der Waals surface area contributed by atoms with E-state index in [0.29, 0.717) is 12.2 Å². The number of aryl methyl sites for hydroxylation is 1. The summed E-state index contributed by atoms with van der Waals surface area (Å²) in [5.41, 5.74) is 1.57. The number of amides is 2. The first-order valence-corrected chi connectivity index (χ1v) is 7.52. The first-order chi connectivity index (χ1) is 10.3. The van der Waals surface area contributed by atoms with E-state index in [0.717, 1.165) is 5.56 Å². The van der Waals surface area contributed by atoms with E-state index in [4.69, 9.17) is 4.74 Å². The molecule has 0 bridgehead atoms. The van der Waals surface area contributed by atoms with Crippen LogP contribution in [0.15, 0.2) is 24.3 Å². The fraction of sp³-hybridized carbons (Fsp3) is 0.529. The summed E-state index contributed by atoms with van der Waals surface area (Å²) >= 11 is 0. The predicted octanol–water partition coefficient (Wildman–Crippen LogP) is 1.90. The maximum atomic E-state index is 12.3. The number of nitrogens with one attached hydrogen (secondary N) is 2. The van der Waals surface area contributed by atoms with Gasteiger partial charge in [0.05, 0.1) is 6.61 Å². The van der Waals surface area contributed by atoms with Crippen molar-refractivity contribution in [3.8, 4) is 0 Å². The van der Waals surface area contributed by atoms with Crippen LogP contribution in [0.5, 0.6) is 0 Å². The van der Waals surface area contributed by atoms with Crippen LogP contribution in [0.25, 0.3) is 0 Å². The number of ether oxygens (including phenoxy) is 1. The minimum absolute atomic E-state index is 0.0106. The molecule has 1 aromatic rings. The highest BCUT2D eigenvalue weighted by Gasteiger charge is 2.25. The van der Waals surface area contributed by atoms with Crippen LogP contribution in [0.3, 0.4) is 0 Å². The number of benzene rings is 1. The molecular formula is C17H26N2O3. The second-order valence-electron chi connectivity index (χ2n) is 5.93. The van der Waals surface area contributed by atoms with Crippen LogP contribution in [0, 0.1) is 12.8 Å². The SMILES string of the molecule is COCC(C)NC(=O)C(NC(=O)c1cccc(C)c1)C(C)C. The fourth-order valence-corrected chi connectivity index (χ4v) is 2.17. The van der Waals surface area contributed by atoms with Crippen LogP contribution < -0.4 is 10.6 Å². The van der Waals surface area contributed by atoms with Gasteiger partial charge in [-0.15, -0.1) is 0 Å². The van der Waals surface area contributed by atoms with Gasteiger partial charge in [-0.1, -0.05) is 31.5 Å². The number of carbonyl (C=O) groups is 2. The zero-order valence-corrected chi connectivity index (χ0v) is 14.0. The molecule has 0 aliphatic heterocycles. The summed E-state index contributed by atoms with van der Waals surface area (Å²) in [6.07, 6.45) is 0. The number of hydrogen-bond donors (Lipinski definition) is 2. The number of methoxy groups -OCH3 is 1. The summed E-state index contributed by atoms with van der Waals surface area (Å²) in [5, 5.41) is 5.67. The van der Waals surface area contributed by atoms with Crippen LogP contribution in [-0.4, -0.2) is 37.6 Å². The molecule has 2 unspecified atom stereocenters. The molecule has 122 valence electrons. The van der Waals surface area contributed by atoms with E-state index in [1.807, 2.05) is 39.8 Å². The molecule has 2 atom stereocenters. The first-order valence-electron chi connectivity index (χ1n) is 7.52. The topological polar surface area (TPSA) is 67.4 Å². The molecule has 22 heavy (non-hydrogen) atoms. The average molecular weight is 306 g/mol. The van der Waals surface area contributed by atoms with Gasteiger partial charge in [0.2, 0.25) is 5.91 Å². The average Bonchev–Trinajstić information content (AvgIpc) is 2.44. The van der Waals surface area contributed by atoms with Crippen LogP contribution in [0.2, 0.25) is 0 Å². The van der Waals surface area contributed by atoms with Crippen molar-refractivity contribution >= 4 is 11.8 Å². The summed E-state index contributed by atoms with van der Waals surface area (Å²) in [7, 11) is 1.59. The minimum Gasteiger partial charge on any atom is -0.383 e. The Morgan fingerprint density at radius 2 is 1.86 bits per heavy atom. The zero-order valence-electron chi connectivity index (χ0n) is 14.0. The molecule has 0 heterocycles. The van der Waals surface area contributed by atoms with Gasteiger partial charge in [-0.3, -0.25) is 9.59 Å². The van der Waals surface area contributed by atoms with Crippen molar-refractivity contribution in [2.75, 3.05) is 13.7 Å². The molecular weight excluding hydrogens is 280 g/mol. The first kappa shape index (κ1) is 18.2. The third-order valence-electron chi connectivity index (χ3n) is 3.32. The molecule has 5 nitrogen and oxygen atoms in total. The lowest BCUT2D eigenvalue weighted by atomic mass is 10.0. The predicted molar refractivity (Wildman–Crippen MR) is 86.8 cm³/mol. The van der Waals surface area contributed by atoms with Crippen molar-refractivity contribution in [3.05, 3.63) is 35.4 Å². The van der Waals surface area contributed by atoms with Gasteiger partial charge in [0.25, 0.3) is 5.91 Å². The van der Waals surface area contributed by atoms with Gasteiger partial charge in [0, 0.05) is 18.7 Å². The highest BCUT2D eigenvalue weighted by molar-refractivity contribution is 5.97. The van der Waals surface area contributed by atoms with E-state index in [1.54, 1.807) is 19.2 Å². The molecule has 2 N–H and O–H groups in total. The van der Waals surface area contributed by atoms with Gasteiger partial charge in [-0.25, -0.2) is 0 Å². The van der Waals surface area contributed by atoms with Gasteiger partial charge in [0.1, 0.15) is 6.04 Å². The monoisotopic (exact) mass is 306 g/mol. The summed E-state index contributed by atoms with van der Waals surface area (Å²) in [6.45, 7) is 8.03. The largest absolute Gasteiger partial charge is 0.383 e. The van der Waals surface area contributed by atoms with Gasteiger partial charge in [0.15, 0.2) is 0 Å². The van der Waals surface area contributed by atoms with E-state index in [9.17, 15) is 9.59 Å². The van der Waals surface area contributed by atoms with Crippen LogP contribution in [-0.2, 0) is 9.53 Å². The zero-order chi connectivity index (χ0) is 16.7. The quantitative estimate of drug-likeness (QED) is 0.808. The third-order valence-corrected chi connectivity index (χ3v) is 3.32. The van der Waals surface area contributed by atoms with E-state index in [2.05, 4.69) is 10.6 Å². The van der Waals surface area contributed by atoms with Gasteiger partial charge in [-0.2, -0.15) is 0 Å². The smallest absolute Gasteiger partial charge is 0.251 e. The summed E-state index contributed by atoms with van der Waals surface area (Å²) in [4.78, 5) is 24.6. The third kappa shape index (κ3) is 5.48. The molecule has 1 aromatic carbocycles. The summed E-state index contributed by atoms with van der Waals surface area (Å²) < 4.78 is 5.01. The Balaban J connectivity index is 2.75. The second kappa shape index (κ2) is 8.54. The van der Waals surface area contributed by atoms with E-state index in [-0.39, 0.29) is 23.8 Å². The highest BCUT2D eigenvalue weighted by Crippen LogP contribution is 2.07. The lowest BCUT2D eigenvalue weighted by Gasteiger charge is -2.24. The molecule has 0 radical (unpaired) electrons.